The molecule has 0 spiro atoms. The zero-order valence-corrected chi connectivity index (χ0v) is 11.1. The number of nitrogens with zero attached hydrogens (tertiary/aromatic N) is 2. The molecular weight excluding hydrogens is 256 g/mol. The van der Waals surface area contributed by atoms with Gasteiger partial charge in [0.25, 0.3) is 0 Å². The normalized spacial score (nSPS) is 12.4. The van der Waals surface area contributed by atoms with E-state index in [1.807, 2.05) is 18.2 Å². The van der Waals surface area contributed by atoms with Crippen LogP contribution >= 0.6 is 23.1 Å². The van der Waals surface area contributed by atoms with E-state index in [9.17, 15) is 5.11 Å². The fraction of sp³-hybridized carbons (Fsp3) is 0.273. The Hall–Kier alpha value is -1.11. The van der Waals surface area contributed by atoms with E-state index in [1.165, 1.54) is 23.1 Å². The van der Waals surface area contributed by atoms with Gasteiger partial charge in [-0.1, -0.05) is 29.2 Å². The van der Waals surface area contributed by atoms with Gasteiger partial charge in [0.05, 0.1) is 13.2 Å². The highest BCUT2D eigenvalue weighted by Crippen LogP contribution is 2.38. The van der Waals surface area contributed by atoms with E-state index in [1.54, 1.807) is 19.5 Å². The zero-order chi connectivity index (χ0) is 12.3. The van der Waals surface area contributed by atoms with Crippen LogP contribution in [0.2, 0.25) is 0 Å². The van der Waals surface area contributed by atoms with Crippen LogP contribution in [0, 0.1) is 0 Å². The Morgan fingerprint density at radius 1 is 1.47 bits per heavy atom. The number of methoxy groups -OCH3 is 1. The third kappa shape index (κ3) is 2.77. The van der Waals surface area contributed by atoms with Gasteiger partial charge in [0.1, 0.15) is 11.3 Å². The molecular formula is C11H12N2O2S2. The van der Waals surface area contributed by atoms with Gasteiger partial charge >= 0.3 is 0 Å². The Morgan fingerprint density at radius 3 is 2.88 bits per heavy atom. The molecule has 1 atom stereocenters. The molecule has 1 heterocycles. The summed E-state index contributed by atoms with van der Waals surface area (Å²) in [5.74, 6) is 0.689. The molecule has 0 saturated heterocycles. The number of ether oxygens (including phenoxy) is 1. The smallest absolute Gasteiger partial charge is 0.178 e. The van der Waals surface area contributed by atoms with Crippen molar-refractivity contribution in [2.75, 3.05) is 7.11 Å². The quantitative estimate of drug-likeness (QED) is 0.924. The van der Waals surface area contributed by atoms with Crippen LogP contribution in [-0.2, 0) is 0 Å². The molecule has 17 heavy (non-hydrogen) atoms. The van der Waals surface area contributed by atoms with Crippen molar-refractivity contribution in [1.82, 2.24) is 10.2 Å². The van der Waals surface area contributed by atoms with Gasteiger partial charge in [-0.05, 0) is 19.1 Å². The third-order valence-corrected chi connectivity index (χ3v) is 4.05. The molecule has 1 N–H and O–H groups in total. The monoisotopic (exact) mass is 268 g/mol. The first-order valence-electron chi connectivity index (χ1n) is 5.01. The second-order valence-corrected chi connectivity index (χ2v) is 5.48. The molecule has 0 amide bonds. The summed E-state index contributed by atoms with van der Waals surface area (Å²) >= 11 is 2.95. The average molecular weight is 268 g/mol. The summed E-state index contributed by atoms with van der Waals surface area (Å²) in [4.78, 5) is 0.941. The van der Waals surface area contributed by atoms with Crippen molar-refractivity contribution in [3.8, 4) is 5.75 Å². The summed E-state index contributed by atoms with van der Waals surface area (Å²) in [6, 6.07) is 5.68. The summed E-state index contributed by atoms with van der Waals surface area (Å²) in [7, 11) is 1.60. The first kappa shape index (κ1) is 12.3. The van der Waals surface area contributed by atoms with Gasteiger partial charge in [-0.15, -0.1) is 10.2 Å². The first-order valence-corrected chi connectivity index (χ1v) is 6.71. The van der Waals surface area contributed by atoms with Gasteiger partial charge in [-0.3, -0.25) is 0 Å². The topological polar surface area (TPSA) is 55.2 Å². The van der Waals surface area contributed by atoms with Crippen LogP contribution in [0.5, 0.6) is 5.75 Å². The molecule has 2 aromatic rings. The number of rotatable bonds is 4. The van der Waals surface area contributed by atoms with Crippen molar-refractivity contribution in [2.24, 2.45) is 0 Å². The third-order valence-electron chi connectivity index (χ3n) is 2.20. The molecule has 4 nitrogen and oxygen atoms in total. The highest BCUT2D eigenvalue weighted by molar-refractivity contribution is 8.01. The van der Waals surface area contributed by atoms with Crippen molar-refractivity contribution in [2.45, 2.75) is 22.3 Å². The first-order chi connectivity index (χ1) is 8.22. The van der Waals surface area contributed by atoms with Gasteiger partial charge in [0.15, 0.2) is 4.34 Å². The van der Waals surface area contributed by atoms with Crippen LogP contribution in [-0.4, -0.2) is 22.4 Å². The van der Waals surface area contributed by atoms with E-state index in [0.717, 1.165) is 14.8 Å². The molecule has 0 bridgehead atoms. The van der Waals surface area contributed by atoms with Gasteiger partial charge in [-0.25, -0.2) is 0 Å². The maximum Gasteiger partial charge on any atom is 0.178 e. The maximum atomic E-state index is 9.82. The van der Waals surface area contributed by atoms with E-state index in [2.05, 4.69) is 10.2 Å². The van der Waals surface area contributed by atoms with Crippen molar-refractivity contribution in [1.29, 1.82) is 0 Å². The Balaban J connectivity index is 2.39. The van der Waals surface area contributed by atoms with Crippen LogP contribution in [0.1, 0.15) is 18.6 Å². The van der Waals surface area contributed by atoms with Crippen LogP contribution in [0.3, 0.4) is 0 Å². The highest BCUT2D eigenvalue weighted by Gasteiger charge is 2.15. The highest BCUT2D eigenvalue weighted by atomic mass is 32.2. The van der Waals surface area contributed by atoms with Crippen molar-refractivity contribution in [3.05, 3.63) is 29.3 Å². The van der Waals surface area contributed by atoms with Crippen molar-refractivity contribution < 1.29 is 9.84 Å². The van der Waals surface area contributed by atoms with Gasteiger partial charge < -0.3 is 9.84 Å². The summed E-state index contributed by atoms with van der Waals surface area (Å²) < 4.78 is 6.11. The summed E-state index contributed by atoms with van der Waals surface area (Å²) in [5.41, 5.74) is 2.47. The Morgan fingerprint density at radius 2 is 2.29 bits per heavy atom. The molecule has 0 fully saturated rings. The second kappa shape index (κ2) is 5.48. The molecule has 90 valence electrons. The predicted molar refractivity (Wildman–Crippen MR) is 67.7 cm³/mol. The lowest BCUT2D eigenvalue weighted by Crippen LogP contribution is -1.98. The van der Waals surface area contributed by atoms with Gasteiger partial charge in [0.2, 0.25) is 0 Å². The Labute approximate surface area is 108 Å². The minimum Gasteiger partial charge on any atom is -0.496 e. The number of aromatic nitrogens is 2. The number of hydrogen-bond donors (Lipinski definition) is 1. The summed E-state index contributed by atoms with van der Waals surface area (Å²) in [5, 5.41) is 17.6. The van der Waals surface area contributed by atoms with Crippen LogP contribution in [0.25, 0.3) is 0 Å². The minimum atomic E-state index is -0.582. The molecule has 0 radical (unpaired) electrons. The van der Waals surface area contributed by atoms with Crippen LogP contribution in [0.4, 0.5) is 0 Å². The lowest BCUT2D eigenvalue weighted by atomic mass is 10.1. The molecule has 2 rings (SSSR count). The van der Waals surface area contributed by atoms with E-state index in [-0.39, 0.29) is 0 Å². The molecule has 1 aromatic heterocycles. The minimum absolute atomic E-state index is 0.582. The SMILES string of the molecule is COc1cccc(Sc2nncs2)c1[C@H](C)O. The number of aliphatic hydroxyl groups is 1. The van der Waals surface area contributed by atoms with Crippen LogP contribution < -0.4 is 4.74 Å². The number of hydrogen-bond acceptors (Lipinski definition) is 6. The molecule has 0 aliphatic carbocycles. The molecule has 0 aliphatic heterocycles. The summed E-state index contributed by atoms with van der Waals surface area (Å²) in [6.07, 6.45) is -0.582. The van der Waals surface area contributed by atoms with E-state index in [4.69, 9.17) is 4.74 Å². The number of benzene rings is 1. The lowest BCUT2D eigenvalue weighted by molar-refractivity contribution is 0.191. The largest absolute Gasteiger partial charge is 0.496 e. The van der Waals surface area contributed by atoms with E-state index in [0.29, 0.717) is 5.75 Å². The fourth-order valence-corrected chi connectivity index (χ4v) is 3.18. The molecule has 0 aliphatic rings. The molecule has 0 unspecified atom stereocenters. The molecule has 1 aromatic carbocycles. The average Bonchev–Trinajstić information content (AvgIpc) is 2.81. The zero-order valence-electron chi connectivity index (χ0n) is 9.45. The standard InChI is InChI=1S/C11H12N2O2S2/c1-7(14)10-8(15-2)4-3-5-9(10)17-11-13-12-6-16-11/h3-7,14H,1-2H3/t7-/m0/s1. The summed E-state index contributed by atoms with van der Waals surface area (Å²) in [6.45, 7) is 1.72. The van der Waals surface area contributed by atoms with E-state index < -0.39 is 6.10 Å². The number of aliphatic hydroxyl groups excluding tert-OH is 1. The van der Waals surface area contributed by atoms with Gasteiger partial charge in [0, 0.05) is 10.5 Å². The maximum absolute atomic E-state index is 9.82. The van der Waals surface area contributed by atoms with Crippen LogP contribution in [0.15, 0.2) is 32.9 Å². The van der Waals surface area contributed by atoms with Crippen molar-refractivity contribution in [3.63, 3.8) is 0 Å². The fourth-order valence-electron chi connectivity index (χ4n) is 1.50. The second-order valence-electron chi connectivity index (χ2n) is 3.35. The van der Waals surface area contributed by atoms with E-state index >= 15 is 0 Å². The Kier molecular flexibility index (Phi) is 3.98. The predicted octanol–water partition coefficient (Wildman–Crippen LogP) is 2.75. The lowest BCUT2D eigenvalue weighted by Gasteiger charge is -2.14. The molecule has 0 saturated carbocycles. The molecule has 6 heteroatoms. The van der Waals surface area contributed by atoms with Crippen molar-refractivity contribution >= 4 is 23.1 Å². The van der Waals surface area contributed by atoms with Gasteiger partial charge in [-0.2, -0.15) is 0 Å². The Bertz CT molecular complexity index is 486.